The summed E-state index contributed by atoms with van der Waals surface area (Å²) in [5.74, 6) is 0.775. The predicted octanol–water partition coefficient (Wildman–Crippen LogP) is 5.28. The first-order chi connectivity index (χ1) is 16.1. The third-order valence-corrected chi connectivity index (χ3v) is 5.50. The van der Waals surface area contributed by atoms with Crippen LogP contribution in [0.15, 0.2) is 78.9 Å². The molecule has 1 N–H and O–H groups in total. The van der Waals surface area contributed by atoms with Crippen LogP contribution in [0.25, 0.3) is 0 Å². The third-order valence-electron chi connectivity index (χ3n) is 5.50. The fourth-order valence-electron chi connectivity index (χ4n) is 3.81. The van der Waals surface area contributed by atoms with Gasteiger partial charge < -0.3 is 14.4 Å². The van der Waals surface area contributed by atoms with E-state index in [0.29, 0.717) is 25.3 Å². The molecule has 1 aliphatic heterocycles. The molecular formula is C26H27N3O4. The van der Waals surface area contributed by atoms with Gasteiger partial charge in [0, 0.05) is 30.0 Å². The number of urea groups is 1. The summed E-state index contributed by atoms with van der Waals surface area (Å²) in [4.78, 5) is 28.8. The lowest BCUT2D eigenvalue weighted by molar-refractivity contribution is 0.155. The Kier molecular flexibility index (Phi) is 7.09. The second-order valence-corrected chi connectivity index (χ2v) is 7.75. The lowest BCUT2D eigenvalue weighted by atomic mass is 10.1. The maximum atomic E-state index is 13.1. The van der Waals surface area contributed by atoms with Crippen molar-refractivity contribution in [2.45, 2.75) is 19.6 Å². The van der Waals surface area contributed by atoms with Crippen molar-refractivity contribution in [2.24, 2.45) is 0 Å². The largest absolute Gasteiger partial charge is 0.496 e. The SMILES string of the molecule is COc1ccccc1CN1CCCN(c2ccc(NC(=O)OCc3ccccc3)cc2)C1=O. The topological polar surface area (TPSA) is 71.1 Å². The molecule has 0 spiro atoms. The van der Waals surface area contributed by atoms with Crippen molar-refractivity contribution in [1.82, 2.24) is 4.90 Å². The summed E-state index contributed by atoms with van der Waals surface area (Å²) in [5, 5.41) is 2.72. The van der Waals surface area contributed by atoms with Gasteiger partial charge in [-0.15, -0.1) is 0 Å². The summed E-state index contributed by atoms with van der Waals surface area (Å²) in [5.41, 5.74) is 3.29. The Morgan fingerprint density at radius 1 is 0.939 bits per heavy atom. The fraction of sp³-hybridized carbons (Fsp3) is 0.231. The van der Waals surface area contributed by atoms with Crippen LogP contribution in [0.3, 0.4) is 0 Å². The normalized spacial score (nSPS) is 13.5. The molecular weight excluding hydrogens is 418 g/mol. The van der Waals surface area contributed by atoms with E-state index in [0.717, 1.165) is 29.0 Å². The van der Waals surface area contributed by atoms with Gasteiger partial charge in [-0.2, -0.15) is 0 Å². The summed E-state index contributed by atoms with van der Waals surface area (Å²) in [6.45, 7) is 2.04. The highest BCUT2D eigenvalue weighted by Crippen LogP contribution is 2.25. The van der Waals surface area contributed by atoms with Crippen LogP contribution in [0.1, 0.15) is 17.5 Å². The first kappa shape index (κ1) is 22.2. The second kappa shape index (κ2) is 10.5. The average molecular weight is 446 g/mol. The summed E-state index contributed by atoms with van der Waals surface area (Å²) in [7, 11) is 1.64. The summed E-state index contributed by atoms with van der Waals surface area (Å²) in [6, 6.07) is 24.4. The van der Waals surface area contributed by atoms with Crippen LogP contribution in [-0.4, -0.2) is 37.2 Å². The van der Waals surface area contributed by atoms with Crippen LogP contribution in [-0.2, 0) is 17.9 Å². The molecule has 3 aromatic rings. The molecule has 4 rings (SSSR count). The first-order valence-corrected chi connectivity index (χ1v) is 10.9. The van der Waals surface area contributed by atoms with Crippen LogP contribution in [0.5, 0.6) is 5.75 Å². The van der Waals surface area contributed by atoms with E-state index in [1.54, 1.807) is 24.1 Å². The van der Waals surface area contributed by atoms with E-state index in [1.807, 2.05) is 71.6 Å². The smallest absolute Gasteiger partial charge is 0.411 e. The first-order valence-electron chi connectivity index (χ1n) is 10.9. The number of hydrogen-bond acceptors (Lipinski definition) is 4. The minimum atomic E-state index is -0.524. The van der Waals surface area contributed by atoms with Gasteiger partial charge in [-0.3, -0.25) is 10.2 Å². The molecule has 1 saturated heterocycles. The van der Waals surface area contributed by atoms with E-state index in [9.17, 15) is 9.59 Å². The molecule has 1 heterocycles. The van der Waals surface area contributed by atoms with Gasteiger partial charge >= 0.3 is 12.1 Å². The molecule has 7 heteroatoms. The molecule has 3 amide bonds. The van der Waals surface area contributed by atoms with Gasteiger partial charge in [-0.25, -0.2) is 9.59 Å². The van der Waals surface area contributed by atoms with Crippen LogP contribution in [0.4, 0.5) is 21.0 Å². The standard InChI is InChI=1S/C26H27N3O4/c1-32-24-11-6-5-10-21(24)18-28-16-7-17-29(26(28)31)23-14-12-22(13-15-23)27-25(30)33-19-20-8-3-2-4-9-20/h2-6,8-15H,7,16-19H2,1H3,(H,27,30). The van der Waals surface area contributed by atoms with Crippen LogP contribution < -0.4 is 15.0 Å². The van der Waals surface area contributed by atoms with E-state index >= 15 is 0 Å². The van der Waals surface area contributed by atoms with Gasteiger partial charge in [-0.1, -0.05) is 48.5 Å². The van der Waals surface area contributed by atoms with E-state index in [4.69, 9.17) is 9.47 Å². The Morgan fingerprint density at radius 3 is 2.42 bits per heavy atom. The molecule has 0 aliphatic carbocycles. The highest BCUT2D eigenvalue weighted by Gasteiger charge is 2.27. The summed E-state index contributed by atoms with van der Waals surface area (Å²) in [6.07, 6.45) is 0.343. The summed E-state index contributed by atoms with van der Waals surface area (Å²) >= 11 is 0. The number of carbonyl (C=O) groups is 2. The number of nitrogens with one attached hydrogen (secondary N) is 1. The number of rotatable bonds is 7. The van der Waals surface area contributed by atoms with Crippen molar-refractivity contribution in [1.29, 1.82) is 0 Å². The quantitative estimate of drug-likeness (QED) is 0.537. The van der Waals surface area contributed by atoms with Crippen LogP contribution in [0, 0.1) is 0 Å². The lowest BCUT2D eigenvalue weighted by Crippen LogP contribution is -2.49. The number of benzene rings is 3. The Bertz CT molecular complexity index is 1090. The number of amides is 3. The van der Waals surface area contributed by atoms with Gasteiger partial charge in [0.25, 0.3) is 0 Å². The zero-order valence-corrected chi connectivity index (χ0v) is 18.6. The number of methoxy groups -OCH3 is 1. The van der Waals surface area contributed by atoms with Crippen molar-refractivity contribution in [2.75, 3.05) is 30.4 Å². The Morgan fingerprint density at radius 2 is 1.67 bits per heavy atom. The number of nitrogens with zero attached hydrogens (tertiary/aromatic N) is 2. The van der Waals surface area contributed by atoms with E-state index in [-0.39, 0.29) is 12.6 Å². The Balaban J connectivity index is 1.35. The zero-order valence-electron chi connectivity index (χ0n) is 18.6. The van der Waals surface area contributed by atoms with Crippen LogP contribution >= 0.6 is 0 Å². The average Bonchev–Trinajstić information content (AvgIpc) is 2.86. The van der Waals surface area contributed by atoms with Gasteiger partial charge in [0.2, 0.25) is 0 Å². The molecule has 7 nitrogen and oxygen atoms in total. The van der Waals surface area contributed by atoms with E-state index < -0.39 is 6.09 Å². The van der Waals surface area contributed by atoms with Crippen LogP contribution in [0.2, 0.25) is 0 Å². The number of para-hydroxylation sites is 1. The van der Waals surface area contributed by atoms with Gasteiger partial charge in [0.15, 0.2) is 0 Å². The van der Waals surface area contributed by atoms with Crippen molar-refractivity contribution in [3.05, 3.63) is 90.0 Å². The van der Waals surface area contributed by atoms with Crippen molar-refractivity contribution in [3.63, 3.8) is 0 Å². The molecule has 33 heavy (non-hydrogen) atoms. The van der Waals surface area contributed by atoms with Gasteiger partial charge in [0.1, 0.15) is 12.4 Å². The zero-order chi connectivity index (χ0) is 23.0. The van der Waals surface area contributed by atoms with E-state index in [2.05, 4.69) is 5.32 Å². The minimum Gasteiger partial charge on any atom is -0.496 e. The maximum Gasteiger partial charge on any atom is 0.411 e. The molecule has 1 aliphatic rings. The van der Waals surface area contributed by atoms with Crippen molar-refractivity contribution < 1.29 is 19.1 Å². The molecule has 0 unspecified atom stereocenters. The van der Waals surface area contributed by atoms with Gasteiger partial charge in [0.05, 0.1) is 13.7 Å². The molecule has 3 aromatic carbocycles. The van der Waals surface area contributed by atoms with Gasteiger partial charge in [-0.05, 0) is 42.3 Å². The molecule has 0 aromatic heterocycles. The lowest BCUT2D eigenvalue weighted by Gasteiger charge is -2.36. The molecule has 170 valence electrons. The maximum absolute atomic E-state index is 13.1. The van der Waals surface area contributed by atoms with Crippen molar-refractivity contribution >= 4 is 23.5 Å². The monoisotopic (exact) mass is 445 g/mol. The summed E-state index contributed by atoms with van der Waals surface area (Å²) < 4.78 is 10.7. The molecule has 0 bridgehead atoms. The fourth-order valence-corrected chi connectivity index (χ4v) is 3.81. The molecule has 0 saturated carbocycles. The molecule has 0 radical (unpaired) electrons. The predicted molar refractivity (Wildman–Crippen MR) is 127 cm³/mol. The number of anilines is 2. The highest BCUT2D eigenvalue weighted by atomic mass is 16.5. The number of hydrogen-bond donors (Lipinski definition) is 1. The second-order valence-electron chi connectivity index (χ2n) is 7.75. The molecule has 0 atom stereocenters. The Labute approximate surface area is 193 Å². The number of ether oxygens (including phenoxy) is 2. The number of carbonyl (C=O) groups excluding carboxylic acids is 2. The third kappa shape index (κ3) is 5.63. The highest BCUT2D eigenvalue weighted by molar-refractivity contribution is 5.93. The van der Waals surface area contributed by atoms with E-state index in [1.165, 1.54) is 0 Å². The van der Waals surface area contributed by atoms with Crippen molar-refractivity contribution in [3.8, 4) is 5.75 Å². The molecule has 1 fully saturated rings. The Hall–Kier alpha value is -4.00. The minimum absolute atomic E-state index is 0.0462.